The number of alkyl halides is 3. The van der Waals surface area contributed by atoms with Gasteiger partial charge in [-0.15, -0.1) is 0 Å². The van der Waals surface area contributed by atoms with Gasteiger partial charge in [-0.25, -0.2) is 4.98 Å². The summed E-state index contributed by atoms with van der Waals surface area (Å²) in [6.45, 7) is 2.53. The van der Waals surface area contributed by atoms with E-state index in [-0.39, 0.29) is 12.1 Å². The van der Waals surface area contributed by atoms with Crippen LogP contribution in [0.5, 0.6) is 11.6 Å². The number of halogens is 3. The molecule has 0 spiro atoms. The number of hydrogen-bond donors (Lipinski definition) is 0. The predicted molar refractivity (Wildman–Crippen MR) is 100 cm³/mol. The highest BCUT2D eigenvalue weighted by Crippen LogP contribution is 2.38. The lowest BCUT2D eigenvalue weighted by molar-refractivity contribution is -0.139. The van der Waals surface area contributed by atoms with Crippen LogP contribution in [0.2, 0.25) is 0 Å². The van der Waals surface area contributed by atoms with Crippen LogP contribution >= 0.6 is 0 Å². The van der Waals surface area contributed by atoms with Gasteiger partial charge in [0.15, 0.2) is 0 Å². The fraction of sp³-hybridized carbons (Fsp3) is 0.500. The molecule has 3 rings (SSSR count). The summed E-state index contributed by atoms with van der Waals surface area (Å²) in [6.07, 6.45) is 0.188. The lowest BCUT2D eigenvalue weighted by Crippen LogP contribution is -2.20. The van der Waals surface area contributed by atoms with E-state index in [2.05, 4.69) is 9.97 Å². The number of ether oxygens (including phenoxy) is 2. The quantitative estimate of drug-likeness (QED) is 0.630. The topological polar surface area (TPSA) is 47.5 Å². The van der Waals surface area contributed by atoms with Gasteiger partial charge in [-0.2, -0.15) is 18.2 Å². The standard InChI is InChI=1S/C20H24F3N3O2/c1-3-12-27-17-11-7-6-10-16(17)26(2)19-24-13-15(20(21,22)23)18(25-19)28-14-8-4-5-9-14/h6-7,10-11,13-14H,3-5,8-9,12H2,1-2H3. The van der Waals surface area contributed by atoms with Gasteiger partial charge in [0, 0.05) is 13.2 Å². The van der Waals surface area contributed by atoms with Gasteiger partial charge < -0.3 is 14.4 Å². The van der Waals surface area contributed by atoms with Crippen LogP contribution in [0.4, 0.5) is 24.8 Å². The molecule has 0 atom stereocenters. The lowest BCUT2D eigenvalue weighted by atomic mass is 10.2. The second-order valence-corrected chi connectivity index (χ2v) is 6.79. The van der Waals surface area contributed by atoms with E-state index < -0.39 is 17.6 Å². The van der Waals surface area contributed by atoms with Gasteiger partial charge in [-0.1, -0.05) is 19.1 Å². The third-order valence-electron chi connectivity index (χ3n) is 4.62. The van der Waals surface area contributed by atoms with Crippen molar-refractivity contribution in [1.82, 2.24) is 9.97 Å². The molecule has 28 heavy (non-hydrogen) atoms. The molecular weight excluding hydrogens is 371 g/mol. The van der Waals surface area contributed by atoms with Crippen molar-refractivity contribution in [3.63, 3.8) is 0 Å². The maximum atomic E-state index is 13.4. The van der Waals surface area contributed by atoms with E-state index in [1.54, 1.807) is 11.9 Å². The molecule has 1 heterocycles. The predicted octanol–water partition coefficient (Wildman–Crippen LogP) is 5.37. The summed E-state index contributed by atoms with van der Waals surface area (Å²) in [5, 5.41) is 0. The molecule has 0 unspecified atom stereocenters. The normalized spacial score (nSPS) is 14.9. The van der Waals surface area contributed by atoms with Gasteiger partial charge in [0.1, 0.15) is 17.4 Å². The molecule has 8 heteroatoms. The van der Waals surface area contributed by atoms with Crippen molar-refractivity contribution in [2.75, 3.05) is 18.6 Å². The van der Waals surface area contributed by atoms with Crippen LogP contribution in [0.3, 0.4) is 0 Å². The summed E-state index contributed by atoms with van der Waals surface area (Å²) in [6, 6.07) is 7.28. The number of rotatable bonds is 7. The fourth-order valence-corrected chi connectivity index (χ4v) is 3.14. The first-order valence-electron chi connectivity index (χ1n) is 9.46. The van der Waals surface area contributed by atoms with Crippen molar-refractivity contribution in [3.05, 3.63) is 36.0 Å². The number of anilines is 2. The molecule has 5 nitrogen and oxygen atoms in total. The van der Waals surface area contributed by atoms with Crippen LogP contribution in [0.1, 0.15) is 44.6 Å². The minimum Gasteiger partial charge on any atom is -0.491 e. The van der Waals surface area contributed by atoms with E-state index in [0.29, 0.717) is 18.0 Å². The number of nitrogens with zero attached hydrogens (tertiary/aromatic N) is 3. The fourth-order valence-electron chi connectivity index (χ4n) is 3.14. The lowest BCUT2D eigenvalue weighted by Gasteiger charge is -2.23. The van der Waals surface area contributed by atoms with Gasteiger partial charge in [0.2, 0.25) is 11.8 Å². The largest absolute Gasteiger partial charge is 0.491 e. The molecule has 1 fully saturated rings. The van der Waals surface area contributed by atoms with E-state index in [1.807, 2.05) is 31.2 Å². The average molecular weight is 395 g/mol. The van der Waals surface area contributed by atoms with Crippen molar-refractivity contribution < 1.29 is 22.6 Å². The van der Waals surface area contributed by atoms with Crippen LogP contribution in [-0.2, 0) is 6.18 Å². The number of para-hydroxylation sites is 2. The van der Waals surface area contributed by atoms with Crippen LogP contribution in [-0.4, -0.2) is 29.7 Å². The highest BCUT2D eigenvalue weighted by Gasteiger charge is 2.37. The Labute approximate surface area is 162 Å². The summed E-state index contributed by atoms with van der Waals surface area (Å²) >= 11 is 0. The van der Waals surface area contributed by atoms with Crippen molar-refractivity contribution in [2.24, 2.45) is 0 Å². The van der Waals surface area contributed by atoms with Gasteiger partial charge in [0.25, 0.3) is 0 Å². The third kappa shape index (κ3) is 4.66. The Kier molecular flexibility index (Phi) is 6.26. The molecule has 0 bridgehead atoms. The van der Waals surface area contributed by atoms with E-state index in [1.165, 1.54) is 0 Å². The Balaban J connectivity index is 1.93. The van der Waals surface area contributed by atoms with Crippen molar-refractivity contribution in [1.29, 1.82) is 0 Å². The minimum atomic E-state index is -4.58. The van der Waals surface area contributed by atoms with E-state index >= 15 is 0 Å². The maximum Gasteiger partial charge on any atom is 0.423 e. The zero-order valence-electron chi connectivity index (χ0n) is 16.0. The molecule has 2 aromatic rings. The Morgan fingerprint density at radius 1 is 1.18 bits per heavy atom. The van der Waals surface area contributed by atoms with E-state index in [9.17, 15) is 13.2 Å². The van der Waals surface area contributed by atoms with Crippen molar-refractivity contribution >= 4 is 11.6 Å². The third-order valence-corrected chi connectivity index (χ3v) is 4.62. The molecule has 1 saturated carbocycles. The highest BCUT2D eigenvalue weighted by atomic mass is 19.4. The molecule has 152 valence electrons. The Bertz CT molecular complexity index is 793. The summed E-state index contributed by atoms with van der Waals surface area (Å²) in [4.78, 5) is 9.66. The zero-order valence-corrected chi connectivity index (χ0v) is 16.0. The second kappa shape index (κ2) is 8.67. The maximum absolute atomic E-state index is 13.4. The number of benzene rings is 1. The second-order valence-electron chi connectivity index (χ2n) is 6.79. The summed E-state index contributed by atoms with van der Waals surface area (Å²) in [5.41, 5.74) is -0.283. The first-order valence-corrected chi connectivity index (χ1v) is 9.46. The molecule has 0 amide bonds. The van der Waals surface area contributed by atoms with Crippen molar-refractivity contribution in [2.45, 2.75) is 51.3 Å². The van der Waals surface area contributed by atoms with Gasteiger partial charge in [-0.05, 0) is 44.2 Å². The summed E-state index contributed by atoms with van der Waals surface area (Å²) in [5.74, 6) is 0.324. The first-order chi connectivity index (χ1) is 13.4. The van der Waals surface area contributed by atoms with Crippen LogP contribution < -0.4 is 14.4 Å². The van der Waals surface area contributed by atoms with Gasteiger partial charge in [-0.3, -0.25) is 0 Å². The Hall–Kier alpha value is -2.51. The van der Waals surface area contributed by atoms with Gasteiger partial charge in [0.05, 0.1) is 12.3 Å². The van der Waals surface area contributed by atoms with Crippen LogP contribution in [0, 0.1) is 0 Å². The summed E-state index contributed by atoms with van der Waals surface area (Å²) < 4.78 is 51.5. The van der Waals surface area contributed by atoms with Crippen LogP contribution in [0.25, 0.3) is 0 Å². The smallest absolute Gasteiger partial charge is 0.423 e. The molecule has 1 aliphatic rings. The Morgan fingerprint density at radius 2 is 1.89 bits per heavy atom. The highest BCUT2D eigenvalue weighted by molar-refractivity contribution is 5.65. The molecule has 0 saturated heterocycles. The number of aromatic nitrogens is 2. The molecule has 0 radical (unpaired) electrons. The molecule has 0 N–H and O–H groups in total. The molecule has 1 aromatic carbocycles. The number of hydrogen-bond acceptors (Lipinski definition) is 5. The molecule has 1 aliphatic carbocycles. The van der Waals surface area contributed by atoms with E-state index in [0.717, 1.165) is 38.3 Å². The molecular formula is C20H24F3N3O2. The van der Waals surface area contributed by atoms with Gasteiger partial charge >= 0.3 is 6.18 Å². The first kappa shape index (κ1) is 20.2. The molecule has 1 aromatic heterocycles. The SMILES string of the molecule is CCCOc1ccccc1N(C)c1ncc(C(F)(F)F)c(OC2CCCC2)n1. The average Bonchev–Trinajstić information content (AvgIpc) is 3.18. The van der Waals surface area contributed by atoms with E-state index in [4.69, 9.17) is 9.47 Å². The minimum absolute atomic E-state index is 0.119. The summed E-state index contributed by atoms with van der Waals surface area (Å²) in [7, 11) is 1.69. The monoisotopic (exact) mass is 395 g/mol. The Morgan fingerprint density at radius 3 is 2.57 bits per heavy atom. The zero-order chi connectivity index (χ0) is 20.1. The van der Waals surface area contributed by atoms with Crippen molar-refractivity contribution in [3.8, 4) is 11.6 Å². The molecule has 0 aliphatic heterocycles. The van der Waals surface area contributed by atoms with Crippen LogP contribution in [0.15, 0.2) is 30.5 Å².